The van der Waals surface area contributed by atoms with Crippen molar-refractivity contribution in [1.29, 1.82) is 0 Å². The molecule has 0 aliphatic heterocycles. The minimum atomic E-state index is -0.295. The number of aryl methyl sites for hydroxylation is 1. The molecule has 0 spiro atoms. The summed E-state index contributed by atoms with van der Waals surface area (Å²) in [6.07, 6.45) is 1.61. The highest BCUT2D eigenvalue weighted by atomic mass is 35.5. The van der Waals surface area contributed by atoms with Crippen molar-refractivity contribution in [2.45, 2.75) is 19.9 Å². The summed E-state index contributed by atoms with van der Waals surface area (Å²) in [4.78, 5) is 28.3. The van der Waals surface area contributed by atoms with Gasteiger partial charge in [-0.25, -0.2) is 0 Å². The Morgan fingerprint density at radius 3 is 2.90 bits per heavy atom. The molecule has 9 heteroatoms. The molecule has 8 nitrogen and oxygen atoms in total. The van der Waals surface area contributed by atoms with Crippen molar-refractivity contribution < 1.29 is 13.7 Å². The zero-order valence-electron chi connectivity index (χ0n) is 16.0. The quantitative estimate of drug-likeness (QED) is 0.506. The van der Waals surface area contributed by atoms with Gasteiger partial charge < -0.3 is 18.8 Å². The van der Waals surface area contributed by atoms with Gasteiger partial charge >= 0.3 is 0 Å². The highest BCUT2D eigenvalue weighted by Gasteiger charge is 2.16. The van der Waals surface area contributed by atoms with Crippen molar-refractivity contribution in [2.24, 2.45) is 0 Å². The number of rotatable bonds is 6. The Balaban J connectivity index is 1.42. The predicted molar refractivity (Wildman–Crippen MR) is 110 cm³/mol. The first kappa shape index (κ1) is 19.7. The van der Waals surface area contributed by atoms with Crippen LogP contribution < -0.4 is 10.9 Å². The Labute approximate surface area is 176 Å². The van der Waals surface area contributed by atoms with Crippen molar-refractivity contribution in [1.82, 2.24) is 14.7 Å². The van der Waals surface area contributed by atoms with Crippen molar-refractivity contribution in [3.8, 4) is 11.7 Å². The van der Waals surface area contributed by atoms with Crippen LogP contribution in [0.3, 0.4) is 0 Å². The summed E-state index contributed by atoms with van der Waals surface area (Å²) in [5.41, 5.74) is 1.39. The summed E-state index contributed by atoms with van der Waals surface area (Å²) < 4.78 is 12.4. The van der Waals surface area contributed by atoms with Crippen molar-refractivity contribution in [2.75, 3.05) is 5.32 Å². The molecule has 0 aliphatic carbocycles. The highest BCUT2D eigenvalue weighted by Crippen LogP contribution is 2.22. The third kappa shape index (κ3) is 4.49. The molecule has 1 N–H and O–H groups in total. The average molecular weight is 425 g/mol. The van der Waals surface area contributed by atoms with E-state index in [4.69, 9.17) is 20.5 Å². The van der Waals surface area contributed by atoms with Gasteiger partial charge in [0.25, 0.3) is 11.4 Å². The zero-order valence-corrected chi connectivity index (χ0v) is 16.7. The lowest BCUT2D eigenvalue weighted by Crippen LogP contribution is -2.17. The van der Waals surface area contributed by atoms with Crippen LogP contribution in [0.15, 0.2) is 68.5 Å². The largest absolute Gasteiger partial charge is 0.454 e. The monoisotopic (exact) mass is 424 g/mol. The predicted octanol–water partition coefficient (Wildman–Crippen LogP) is 3.68. The number of amides is 1. The molecule has 0 unspecified atom stereocenters. The van der Waals surface area contributed by atoms with Gasteiger partial charge in [0.05, 0.1) is 13.0 Å². The molecular weight excluding hydrogens is 408 g/mol. The van der Waals surface area contributed by atoms with Crippen LogP contribution in [0.1, 0.15) is 17.1 Å². The molecule has 3 aromatic heterocycles. The van der Waals surface area contributed by atoms with Gasteiger partial charge in [0.1, 0.15) is 5.76 Å². The van der Waals surface area contributed by atoms with Crippen LogP contribution in [-0.2, 0) is 17.8 Å². The number of nitrogens with one attached hydrogen (secondary N) is 1. The summed E-state index contributed by atoms with van der Waals surface area (Å²) in [7, 11) is 0. The SMILES string of the molecule is Cc1ccc(Cl)cc1NC(=O)Cc1noc(-c2ccc(Cn3ccccc3=O)o2)n1. The van der Waals surface area contributed by atoms with Gasteiger partial charge in [0, 0.05) is 23.0 Å². The summed E-state index contributed by atoms with van der Waals surface area (Å²) in [6.45, 7) is 2.15. The third-order valence-electron chi connectivity index (χ3n) is 4.36. The number of pyridine rings is 1. The summed E-state index contributed by atoms with van der Waals surface area (Å²) >= 11 is 5.97. The Kier molecular flexibility index (Phi) is 5.49. The molecule has 0 radical (unpaired) electrons. The van der Waals surface area contributed by atoms with Crippen LogP contribution in [0.25, 0.3) is 11.7 Å². The third-order valence-corrected chi connectivity index (χ3v) is 4.59. The number of halogens is 1. The van der Waals surface area contributed by atoms with E-state index in [1.54, 1.807) is 42.6 Å². The number of aromatic nitrogens is 3. The Morgan fingerprint density at radius 1 is 1.20 bits per heavy atom. The van der Waals surface area contributed by atoms with Crippen molar-refractivity contribution in [3.63, 3.8) is 0 Å². The number of benzene rings is 1. The second kappa shape index (κ2) is 8.38. The number of nitrogens with zero attached hydrogens (tertiary/aromatic N) is 3. The molecule has 0 saturated heterocycles. The maximum atomic E-state index is 12.3. The minimum absolute atomic E-state index is 0.0670. The molecule has 152 valence electrons. The van der Waals surface area contributed by atoms with Gasteiger partial charge in [-0.2, -0.15) is 4.98 Å². The van der Waals surface area contributed by atoms with Crippen LogP contribution in [-0.4, -0.2) is 20.6 Å². The maximum Gasteiger partial charge on any atom is 0.293 e. The van der Waals surface area contributed by atoms with E-state index in [2.05, 4.69) is 15.5 Å². The topological polar surface area (TPSA) is 103 Å². The van der Waals surface area contributed by atoms with Gasteiger partial charge in [-0.05, 0) is 42.8 Å². The lowest BCUT2D eigenvalue weighted by Gasteiger charge is -2.07. The molecule has 0 bridgehead atoms. The second-order valence-corrected chi connectivity index (χ2v) is 7.07. The van der Waals surface area contributed by atoms with E-state index in [0.717, 1.165) is 5.56 Å². The number of hydrogen-bond acceptors (Lipinski definition) is 6. The van der Waals surface area contributed by atoms with E-state index in [1.165, 1.54) is 10.6 Å². The molecule has 0 saturated carbocycles. The number of carbonyl (C=O) groups is 1. The van der Waals surface area contributed by atoms with E-state index in [1.807, 2.05) is 13.0 Å². The summed E-state index contributed by atoms with van der Waals surface area (Å²) in [5, 5.41) is 7.15. The minimum Gasteiger partial charge on any atom is -0.454 e. The summed E-state index contributed by atoms with van der Waals surface area (Å²) in [5.74, 6) is 1.00. The average Bonchev–Trinajstić information content (AvgIpc) is 3.36. The number of carbonyl (C=O) groups excluding carboxylic acids is 1. The Hall–Kier alpha value is -3.65. The van der Waals surface area contributed by atoms with Gasteiger partial charge in [0.2, 0.25) is 5.91 Å². The van der Waals surface area contributed by atoms with Crippen LogP contribution in [0, 0.1) is 6.92 Å². The zero-order chi connectivity index (χ0) is 21.1. The number of anilines is 1. The van der Waals surface area contributed by atoms with E-state index >= 15 is 0 Å². The van der Waals surface area contributed by atoms with Gasteiger partial charge in [-0.15, -0.1) is 0 Å². The standard InChI is InChI=1S/C21H17ClN4O4/c1-13-5-6-14(22)10-16(13)23-19(27)11-18-24-21(30-25-18)17-8-7-15(29-17)12-26-9-3-2-4-20(26)28/h2-10H,11-12H2,1H3,(H,23,27). The lowest BCUT2D eigenvalue weighted by molar-refractivity contribution is -0.115. The van der Waals surface area contributed by atoms with Gasteiger partial charge in [0.15, 0.2) is 11.6 Å². The maximum absolute atomic E-state index is 12.3. The van der Waals surface area contributed by atoms with E-state index in [0.29, 0.717) is 22.2 Å². The molecule has 1 aromatic carbocycles. The molecule has 1 amide bonds. The van der Waals surface area contributed by atoms with Gasteiger partial charge in [-0.3, -0.25) is 9.59 Å². The smallest absolute Gasteiger partial charge is 0.293 e. The fourth-order valence-corrected chi connectivity index (χ4v) is 3.00. The molecule has 0 aliphatic rings. The summed E-state index contributed by atoms with van der Waals surface area (Å²) in [6, 6.07) is 13.6. The highest BCUT2D eigenvalue weighted by molar-refractivity contribution is 6.31. The Morgan fingerprint density at radius 2 is 2.07 bits per heavy atom. The molecule has 4 aromatic rings. The fraction of sp³-hybridized carbons (Fsp3) is 0.143. The molecule has 0 fully saturated rings. The molecule has 3 heterocycles. The van der Waals surface area contributed by atoms with Crippen molar-refractivity contribution in [3.05, 3.63) is 87.3 Å². The molecule has 4 rings (SSSR count). The Bertz CT molecular complexity index is 1260. The van der Waals surface area contributed by atoms with Crippen LogP contribution >= 0.6 is 11.6 Å². The molecular formula is C21H17ClN4O4. The van der Waals surface area contributed by atoms with Gasteiger partial charge in [-0.1, -0.05) is 28.9 Å². The molecule has 30 heavy (non-hydrogen) atoms. The van der Waals surface area contributed by atoms with Crippen LogP contribution in [0.4, 0.5) is 5.69 Å². The van der Waals surface area contributed by atoms with Crippen LogP contribution in [0.5, 0.6) is 0 Å². The second-order valence-electron chi connectivity index (χ2n) is 6.63. The molecule has 0 atom stereocenters. The number of hydrogen-bond donors (Lipinski definition) is 1. The normalized spacial score (nSPS) is 10.9. The first-order valence-corrected chi connectivity index (χ1v) is 9.49. The van der Waals surface area contributed by atoms with E-state index in [9.17, 15) is 9.59 Å². The van der Waals surface area contributed by atoms with E-state index < -0.39 is 0 Å². The lowest BCUT2D eigenvalue weighted by atomic mass is 10.2. The first-order chi connectivity index (χ1) is 14.5. The first-order valence-electron chi connectivity index (χ1n) is 9.11. The number of furan rings is 1. The fourth-order valence-electron chi connectivity index (χ4n) is 2.83. The van der Waals surface area contributed by atoms with Crippen molar-refractivity contribution >= 4 is 23.2 Å². The van der Waals surface area contributed by atoms with Crippen LogP contribution in [0.2, 0.25) is 5.02 Å². The van der Waals surface area contributed by atoms with E-state index in [-0.39, 0.29) is 36.1 Å².